The number of carbonyl (C=O) groups excluding carboxylic acids is 1. The number of hydrogen-bond donors (Lipinski definition) is 1. The number of allylic oxidation sites excluding steroid dienone is 1. The fourth-order valence-electron chi connectivity index (χ4n) is 0.794. The van der Waals surface area contributed by atoms with E-state index in [9.17, 15) is 9.59 Å². The van der Waals surface area contributed by atoms with Crippen LogP contribution in [-0.2, 0) is 9.59 Å². The van der Waals surface area contributed by atoms with Crippen molar-refractivity contribution in [3.05, 3.63) is 12.2 Å². The quantitative estimate of drug-likeness (QED) is 0.402. The summed E-state index contributed by atoms with van der Waals surface area (Å²) in [5.41, 5.74) is 0. The van der Waals surface area contributed by atoms with Crippen molar-refractivity contribution >= 4 is 12.3 Å². The van der Waals surface area contributed by atoms with Crippen molar-refractivity contribution < 1.29 is 14.7 Å². The largest absolute Gasteiger partial charge is 0.478 e. The molecule has 15 heavy (non-hydrogen) atoms. The Hall–Kier alpha value is -1.12. The maximum absolute atomic E-state index is 9.88. The fourth-order valence-corrected chi connectivity index (χ4v) is 0.794. The third-order valence-electron chi connectivity index (χ3n) is 1.66. The number of unbranched alkanes of at least 4 members (excludes halogenated alkanes) is 4. The van der Waals surface area contributed by atoms with Crippen LogP contribution in [0.15, 0.2) is 12.2 Å². The second kappa shape index (κ2) is 15.4. The number of aliphatic carboxylic acids is 1. The Morgan fingerprint density at radius 2 is 1.67 bits per heavy atom. The summed E-state index contributed by atoms with van der Waals surface area (Å²) < 4.78 is 0. The number of rotatable bonds is 7. The van der Waals surface area contributed by atoms with Crippen molar-refractivity contribution in [2.45, 2.75) is 52.4 Å². The zero-order valence-electron chi connectivity index (χ0n) is 9.74. The Kier molecular flexibility index (Phi) is 16.7. The van der Waals surface area contributed by atoms with Crippen molar-refractivity contribution in [1.29, 1.82) is 0 Å². The molecule has 3 heteroatoms. The van der Waals surface area contributed by atoms with Gasteiger partial charge >= 0.3 is 5.97 Å². The van der Waals surface area contributed by atoms with Gasteiger partial charge in [0.25, 0.3) is 0 Å². The summed E-state index contributed by atoms with van der Waals surface area (Å²) in [6.07, 6.45) is 9.81. The third kappa shape index (κ3) is 24.6. The van der Waals surface area contributed by atoms with Gasteiger partial charge in [0.15, 0.2) is 0 Å². The van der Waals surface area contributed by atoms with Gasteiger partial charge in [0, 0.05) is 12.5 Å². The lowest BCUT2D eigenvalue weighted by atomic mass is 10.2. The highest BCUT2D eigenvalue weighted by Gasteiger charge is 1.83. The summed E-state index contributed by atoms with van der Waals surface area (Å²) in [6, 6.07) is 0. The summed E-state index contributed by atoms with van der Waals surface area (Å²) in [5.74, 6) is -0.855. The van der Waals surface area contributed by atoms with Crippen LogP contribution in [-0.4, -0.2) is 17.4 Å². The molecule has 0 spiro atoms. The monoisotopic (exact) mass is 214 g/mol. The van der Waals surface area contributed by atoms with Crippen molar-refractivity contribution in [3.63, 3.8) is 0 Å². The first-order valence-corrected chi connectivity index (χ1v) is 5.52. The van der Waals surface area contributed by atoms with Gasteiger partial charge in [-0.15, -0.1) is 0 Å². The molecular formula is C12H22O3. The van der Waals surface area contributed by atoms with Crippen molar-refractivity contribution in [2.24, 2.45) is 0 Å². The molecule has 0 unspecified atom stereocenters. The van der Waals surface area contributed by atoms with Gasteiger partial charge < -0.3 is 9.90 Å². The highest BCUT2D eigenvalue weighted by Crippen LogP contribution is 1.93. The van der Waals surface area contributed by atoms with E-state index in [0.717, 1.165) is 44.8 Å². The second-order valence-corrected chi connectivity index (χ2v) is 3.19. The molecule has 0 aliphatic heterocycles. The predicted octanol–water partition coefficient (Wildman–Crippen LogP) is 3.19. The molecule has 0 fully saturated rings. The highest BCUT2D eigenvalue weighted by molar-refractivity contribution is 5.79. The van der Waals surface area contributed by atoms with E-state index in [1.807, 2.05) is 0 Å². The van der Waals surface area contributed by atoms with E-state index >= 15 is 0 Å². The minimum atomic E-state index is -0.855. The van der Waals surface area contributed by atoms with E-state index in [-0.39, 0.29) is 0 Å². The van der Waals surface area contributed by atoms with Gasteiger partial charge in [-0.25, -0.2) is 4.79 Å². The molecule has 1 N–H and O–H groups in total. The summed E-state index contributed by atoms with van der Waals surface area (Å²) in [6.45, 7) is 4.15. The SMILES string of the molecule is CCCC/C=C/C(=O)O.CCCCC=O. The molecule has 0 aliphatic carbocycles. The lowest BCUT2D eigenvalue weighted by molar-refractivity contribution is -0.131. The van der Waals surface area contributed by atoms with Crippen LogP contribution in [0.2, 0.25) is 0 Å². The van der Waals surface area contributed by atoms with E-state index in [4.69, 9.17) is 5.11 Å². The van der Waals surface area contributed by atoms with Crippen LogP contribution in [0.5, 0.6) is 0 Å². The Morgan fingerprint density at radius 1 is 1.13 bits per heavy atom. The first-order valence-electron chi connectivity index (χ1n) is 5.52. The number of hydrogen-bond acceptors (Lipinski definition) is 2. The summed E-state index contributed by atoms with van der Waals surface area (Å²) in [5, 5.41) is 8.13. The molecule has 0 amide bonds. The van der Waals surface area contributed by atoms with E-state index in [1.165, 1.54) is 6.08 Å². The Balaban J connectivity index is 0. The number of carbonyl (C=O) groups is 2. The smallest absolute Gasteiger partial charge is 0.327 e. The minimum Gasteiger partial charge on any atom is -0.478 e. The molecule has 0 heterocycles. The van der Waals surface area contributed by atoms with Gasteiger partial charge in [0.05, 0.1) is 0 Å². The van der Waals surface area contributed by atoms with Gasteiger partial charge in [-0.2, -0.15) is 0 Å². The van der Waals surface area contributed by atoms with Crippen LogP contribution in [0.3, 0.4) is 0 Å². The Labute approximate surface area is 92.2 Å². The molecule has 0 saturated heterocycles. The molecule has 0 radical (unpaired) electrons. The average Bonchev–Trinajstić information content (AvgIpc) is 2.22. The topological polar surface area (TPSA) is 54.4 Å². The van der Waals surface area contributed by atoms with Crippen molar-refractivity contribution in [2.75, 3.05) is 0 Å². The molecule has 0 aromatic rings. The van der Waals surface area contributed by atoms with E-state index in [1.54, 1.807) is 6.08 Å². The molecule has 0 aromatic heterocycles. The lowest BCUT2D eigenvalue weighted by Crippen LogP contribution is -1.85. The van der Waals surface area contributed by atoms with Crippen LogP contribution < -0.4 is 0 Å². The first-order chi connectivity index (χ1) is 7.18. The molecule has 0 atom stereocenters. The van der Waals surface area contributed by atoms with Crippen LogP contribution in [0.1, 0.15) is 52.4 Å². The fraction of sp³-hybridized carbons (Fsp3) is 0.667. The predicted molar refractivity (Wildman–Crippen MR) is 61.9 cm³/mol. The van der Waals surface area contributed by atoms with Gasteiger partial charge in [-0.3, -0.25) is 0 Å². The summed E-state index contributed by atoms with van der Waals surface area (Å²) in [4.78, 5) is 19.4. The second-order valence-electron chi connectivity index (χ2n) is 3.19. The lowest BCUT2D eigenvalue weighted by Gasteiger charge is -1.85. The highest BCUT2D eigenvalue weighted by atomic mass is 16.4. The molecule has 3 nitrogen and oxygen atoms in total. The third-order valence-corrected chi connectivity index (χ3v) is 1.66. The minimum absolute atomic E-state index is 0.733. The maximum atomic E-state index is 9.88. The first kappa shape index (κ1) is 16.3. The van der Waals surface area contributed by atoms with Crippen LogP contribution >= 0.6 is 0 Å². The summed E-state index contributed by atoms with van der Waals surface area (Å²) in [7, 11) is 0. The van der Waals surface area contributed by atoms with Crippen LogP contribution in [0.25, 0.3) is 0 Å². The molecule has 0 aromatic carbocycles. The Morgan fingerprint density at radius 3 is 2.00 bits per heavy atom. The molecular weight excluding hydrogens is 192 g/mol. The number of carboxylic acids is 1. The van der Waals surface area contributed by atoms with Gasteiger partial charge in [0.1, 0.15) is 6.29 Å². The zero-order valence-corrected chi connectivity index (χ0v) is 9.74. The number of aldehydes is 1. The van der Waals surface area contributed by atoms with E-state index < -0.39 is 5.97 Å². The molecule has 0 saturated carbocycles. The molecule has 0 aliphatic rings. The van der Waals surface area contributed by atoms with Crippen LogP contribution in [0.4, 0.5) is 0 Å². The van der Waals surface area contributed by atoms with E-state index in [0.29, 0.717) is 0 Å². The van der Waals surface area contributed by atoms with Gasteiger partial charge in [0.2, 0.25) is 0 Å². The zero-order chi connectivity index (χ0) is 11.9. The average molecular weight is 214 g/mol. The van der Waals surface area contributed by atoms with Crippen molar-refractivity contribution in [1.82, 2.24) is 0 Å². The Bertz CT molecular complexity index is 174. The molecule has 0 rings (SSSR count). The van der Waals surface area contributed by atoms with E-state index in [2.05, 4.69) is 13.8 Å². The van der Waals surface area contributed by atoms with Crippen molar-refractivity contribution in [3.8, 4) is 0 Å². The normalized spacial score (nSPS) is 9.47. The molecule has 0 bridgehead atoms. The standard InChI is InChI=1S/C7H12O2.C5H10O/c1-2-3-4-5-6-7(8)9;1-2-3-4-5-6/h5-6H,2-4H2,1H3,(H,8,9);5H,2-4H2,1H3/b6-5+;. The summed E-state index contributed by atoms with van der Waals surface area (Å²) >= 11 is 0. The number of carboxylic acid groups (broad SMARTS) is 1. The van der Waals surface area contributed by atoms with Gasteiger partial charge in [-0.1, -0.05) is 39.2 Å². The van der Waals surface area contributed by atoms with Crippen LogP contribution in [0, 0.1) is 0 Å². The molecule has 88 valence electrons. The maximum Gasteiger partial charge on any atom is 0.327 e. The van der Waals surface area contributed by atoms with Gasteiger partial charge in [-0.05, 0) is 12.8 Å².